The van der Waals surface area contributed by atoms with Gasteiger partial charge in [0.2, 0.25) is 5.95 Å². The quantitative estimate of drug-likeness (QED) is 0.887. The van der Waals surface area contributed by atoms with Gasteiger partial charge in [0.1, 0.15) is 0 Å². The molecule has 0 bridgehead atoms. The highest BCUT2D eigenvalue weighted by atomic mass is 32.1. The zero-order valence-corrected chi connectivity index (χ0v) is 11.3. The lowest BCUT2D eigenvalue weighted by atomic mass is 10.5. The average Bonchev–Trinajstić information content (AvgIpc) is 2.83. The van der Waals surface area contributed by atoms with E-state index < -0.39 is 0 Å². The molecule has 2 heterocycles. The maximum absolute atomic E-state index is 4.49. The second-order valence-corrected chi connectivity index (χ2v) is 5.43. The minimum atomic E-state index is 0.846. The van der Waals surface area contributed by atoms with Crippen molar-refractivity contribution < 1.29 is 0 Å². The molecule has 17 heavy (non-hydrogen) atoms. The Morgan fingerprint density at radius 2 is 2.24 bits per heavy atom. The fourth-order valence-electron chi connectivity index (χ4n) is 1.69. The van der Waals surface area contributed by atoms with Crippen LogP contribution >= 0.6 is 11.3 Å². The Morgan fingerprint density at radius 1 is 1.41 bits per heavy atom. The lowest BCUT2D eigenvalue weighted by Crippen LogP contribution is -2.08. The number of rotatable bonds is 5. The van der Waals surface area contributed by atoms with Crippen molar-refractivity contribution in [1.29, 1.82) is 0 Å². The van der Waals surface area contributed by atoms with Crippen molar-refractivity contribution in [3.63, 3.8) is 0 Å². The van der Waals surface area contributed by atoms with E-state index in [-0.39, 0.29) is 0 Å². The minimum absolute atomic E-state index is 0.846. The van der Waals surface area contributed by atoms with Gasteiger partial charge in [-0.3, -0.25) is 0 Å². The highest BCUT2D eigenvalue weighted by Gasteiger charge is 2.06. The molecule has 0 radical (unpaired) electrons. The molecule has 5 heteroatoms. The number of anilines is 1. The lowest BCUT2D eigenvalue weighted by molar-refractivity contribution is 0.801. The summed E-state index contributed by atoms with van der Waals surface area (Å²) in [7, 11) is 0. The third-order valence-electron chi connectivity index (χ3n) is 2.43. The van der Waals surface area contributed by atoms with Gasteiger partial charge in [-0.2, -0.15) is 0 Å². The molecule has 0 amide bonds. The first-order valence-electron chi connectivity index (χ1n) is 5.88. The molecule has 2 aromatic rings. The van der Waals surface area contributed by atoms with Crippen molar-refractivity contribution in [3.05, 3.63) is 28.0 Å². The molecule has 2 rings (SSSR count). The normalized spacial score (nSPS) is 10.8. The van der Waals surface area contributed by atoms with Crippen LogP contribution in [-0.4, -0.2) is 21.1 Å². The summed E-state index contributed by atoms with van der Waals surface area (Å²) < 4.78 is 2.15. The van der Waals surface area contributed by atoms with Crippen molar-refractivity contribution >= 4 is 17.3 Å². The molecule has 0 unspecified atom stereocenters. The SMILES string of the molecule is CCCNc1nc(C)cn1Cc1cnc(C)s1. The highest BCUT2D eigenvalue weighted by molar-refractivity contribution is 7.11. The molecule has 0 saturated heterocycles. The van der Waals surface area contributed by atoms with Gasteiger partial charge in [-0.05, 0) is 20.3 Å². The number of nitrogens with one attached hydrogen (secondary N) is 1. The second-order valence-electron chi connectivity index (χ2n) is 4.11. The Morgan fingerprint density at radius 3 is 2.88 bits per heavy atom. The zero-order valence-electron chi connectivity index (χ0n) is 10.5. The van der Waals surface area contributed by atoms with Crippen molar-refractivity contribution in [3.8, 4) is 0 Å². The number of aromatic nitrogens is 3. The van der Waals surface area contributed by atoms with Crippen LogP contribution in [0.1, 0.15) is 28.9 Å². The minimum Gasteiger partial charge on any atom is -0.356 e. The highest BCUT2D eigenvalue weighted by Crippen LogP contribution is 2.16. The van der Waals surface area contributed by atoms with E-state index in [1.54, 1.807) is 11.3 Å². The number of imidazole rings is 1. The van der Waals surface area contributed by atoms with Crippen LogP contribution in [0.25, 0.3) is 0 Å². The summed E-state index contributed by atoms with van der Waals surface area (Å²) in [6.45, 7) is 8.01. The van der Waals surface area contributed by atoms with Crippen molar-refractivity contribution in [2.75, 3.05) is 11.9 Å². The molecule has 92 valence electrons. The summed E-state index contributed by atoms with van der Waals surface area (Å²) in [5.74, 6) is 0.954. The number of hydrogen-bond donors (Lipinski definition) is 1. The van der Waals surface area contributed by atoms with E-state index in [0.29, 0.717) is 0 Å². The fraction of sp³-hybridized carbons (Fsp3) is 0.500. The zero-order chi connectivity index (χ0) is 12.3. The Hall–Kier alpha value is -1.36. The molecule has 0 fully saturated rings. The van der Waals surface area contributed by atoms with Crippen molar-refractivity contribution in [2.24, 2.45) is 0 Å². The van der Waals surface area contributed by atoms with Gasteiger partial charge < -0.3 is 9.88 Å². The van der Waals surface area contributed by atoms with Gasteiger partial charge in [-0.25, -0.2) is 9.97 Å². The van der Waals surface area contributed by atoms with Crippen molar-refractivity contribution in [2.45, 2.75) is 33.7 Å². The number of aryl methyl sites for hydroxylation is 2. The number of hydrogen-bond acceptors (Lipinski definition) is 4. The van der Waals surface area contributed by atoms with E-state index in [1.165, 1.54) is 4.88 Å². The summed E-state index contributed by atoms with van der Waals surface area (Å²) in [6, 6.07) is 0. The molecule has 0 atom stereocenters. The topological polar surface area (TPSA) is 42.7 Å². The molecule has 2 aromatic heterocycles. The summed E-state index contributed by atoms with van der Waals surface area (Å²) in [4.78, 5) is 10.0. The van der Waals surface area contributed by atoms with Gasteiger partial charge in [0.25, 0.3) is 0 Å². The third-order valence-corrected chi connectivity index (χ3v) is 3.32. The predicted molar refractivity (Wildman–Crippen MR) is 71.7 cm³/mol. The van der Waals surface area contributed by atoms with Gasteiger partial charge in [-0.1, -0.05) is 6.92 Å². The molecule has 0 aliphatic rings. The first kappa shape index (κ1) is 12.1. The van der Waals surface area contributed by atoms with E-state index in [1.807, 2.05) is 20.0 Å². The molecule has 0 spiro atoms. The maximum atomic E-state index is 4.49. The summed E-state index contributed by atoms with van der Waals surface area (Å²) in [5, 5.41) is 4.46. The molecule has 4 nitrogen and oxygen atoms in total. The summed E-state index contributed by atoms with van der Waals surface area (Å²) in [6.07, 6.45) is 5.12. The number of thiazole rings is 1. The Kier molecular flexibility index (Phi) is 3.78. The lowest BCUT2D eigenvalue weighted by Gasteiger charge is -2.07. The molecule has 0 aromatic carbocycles. The largest absolute Gasteiger partial charge is 0.356 e. The van der Waals surface area contributed by atoms with Gasteiger partial charge in [0.15, 0.2) is 0 Å². The Balaban J connectivity index is 2.14. The van der Waals surface area contributed by atoms with E-state index in [2.05, 4.69) is 33.0 Å². The van der Waals surface area contributed by atoms with Crippen LogP contribution in [0.5, 0.6) is 0 Å². The smallest absolute Gasteiger partial charge is 0.203 e. The second kappa shape index (κ2) is 5.31. The van der Waals surface area contributed by atoms with Crippen molar-refractivity contribution in [1.82, 2.24) is 14.5 Å². The van der Waals surface area contributed by atoms with Crippen LogP contribution in [0.4, 0.5) is 5.95 Å². The van der Waals surface area contributed by atoms with Gasteiger partial charge >= 0.3 is 0 Å². The number of nitrogens with zero attached hydrogens (tertiary/aromatic N) is 3. The average molecular weight is 250 g/mol. The first-order chi connectivity index (χ1) is 8.19. The van der Waals surface area contributed by atoms with E-state index >= 15 is 0 Å². The molecule has 0 saturated carbocycles. The van der Waals surface area contributed by atoms with E-state index in [4.69, 9.17) is 0 Å². The summed E-state index contributed by atoms with van der Waals surface area (Å²) >= 11 is 1.74. The fourth-order valence-corrected chi connectivity index (χ4v) is 2.49. The Bertz CT molecular complexity index is 486. The maximum Gasteiger partial charge on any atom is 0.203 e. The summed E-state index contributed by atoms with van der Waals surface area (Å²) in [5.41, 5.74) is 1.05. The van der Waals surface area contributed by atoms with E-state index in [0.717, 1.165) is 36.2 Å². The van der Waals surface area contributed by atoms with E-state index in [9.17, 15) is 0 Å². The van der Waals surface area contributed by atoms with Crippen LogP contribution < -0.4 is 5.32 Å². The van der Waals surface area contributed by atoms with Crippen LogP contribution in [0, 0.1) is 13.8 Å². The molecular weight excluding hydrogens is 232 g/mol. The van der Waals surface area contributed by atoms with Crippen LogP contribution in [0.15, 0.2) is 12.4 Å². The third kappa shape index (κ3) is 3.06. The van der Waals surface area contributed by atoms with Crippen LogP contribution in [0.3, 0.4) is 0 Å². The predicted octanol–water partition coefficient (Wildman–Crippen LogP) is 2.83. The van der Waals surface area contributed by atoms with Crippen LogP contribution in [-0.2, 0) is 6.54 Å². The Labute approximate surface area is 106 Å². The van der Waals surface area contributed by atoms with Gasteiger partial charge in [0, 0.05) is 23.8 Å². The van der Waals surface area contributed by atoms with Gasteiger partial charge in [-0.15, -0.1) is 11.3 Å². The molecule has 0 aliphatic carbocycles. The molecular formula is C12H18N4S. The monoisotopic (exact) mass is 250 g/mol. The van der Waals surface area contributed by atoms with Gasteiger partial charge in [0.05, 0.1) is 17.2 Å². The van der Waals surface area contributed by atoms with Crippen LogP contribution in [0.2, 0.25) is 0 Å². The standard InChI is InChI=1S/C12H18N4S/c1-4-5-13-12-15-9(2)7-16(12)8-11-6-14-10(3)17-11/h6-7H,4-5,8H2,1-3H3,(H,13,15). The molecule has 1 N–H and O–H groups in total. The first-order valence-corrected chi connectivity index (χ1v) is 6.69. The molecule has 0 aliphatic heterocycles.